The van der Waals surface area contributed by atoms with Crippen molar-refractivity contribution in [2.75, 3.05) is 11.9 Å². The number of benzene rings is 1. The summed E-state index contributed by atoms with van der Waals surface area (Å²) in [6.45, 7) is 3.02. The number of fused-ring (bicyclic) bond motifs is 1. The molecular weight excluding hydrogens is 250 g/mol. The van der Waals surface area contributed by atoms with E-state index in [1.165, 1.54) is 0 Å². The molecule has 0 saturated heterocycles. The number of nitrogens with one attached hydrogen (secondary N) is 1. The first-order valence-corrected chi connectivity index (χ1v) is 6.79. The van der Waals surface area contributed by atoms with Gasteiger partial charge in [-0.1, -0.05) is 31.2 Å². The SMILES string of the molecule is CCCNc1nnc(-c2ccn(C)n2)c2ccccc12. The van der Waals surface area contributed by atoms with Crippen molar-refractivity contribution < 1.29 is 0 Å². The van der Waals surface area contributed by atoms with Gasteiger partial charge in [-0.05, 0) is 12.5 Å². The van der Waals surface area contributed by atoms with Crippen LogP contribution in [0.1, 0.15) is 13.3 Å². The van der Waals surface area contributed by atoms with Crippen molar-refractivity contribution in [1.29, 1.82) is 0 Å². The van der Waals surface area contributed by atoms with Crippen LogP contribution in [0.15, 0.2) is 36.5 Å². The normalized spacial score (nSPS) is 10.9. The van der Waals surface area contributed by atoms with E-state index in [2.05, 4.69) is 39.7 Å². The van der Waals surface area contributed by atoms with E-state index in [1.54, 1.807) is 4.68 Å². The zero-order valence-electron chi connectivity index (χ0n) is 11.7. The molecule has 2 heterocycles. The average Bonchev–Trinajstić information content (AvgIpc) is 2.91. The van der Waals surface area contributed by atoms with Gasteiger partial charge in [0.25, 0.3) is 0 Å². The lowest BCUT2D eigenvalue weighted by Crippen LogP contribution is -2.04. The quantitative estimate of drug-likeness (QED) is 0.789. The van der Waals surface area contributed by atoms with Crippen molar-refractivity contribution in [3.8, 4) is 11.4 Å². The zero-order chi connectivity index (χ0) is 13.9. The topological polar surface area (TPSA) is 55.6 Å². The van der Waals surface area contributed by atoms with Crippen molar-refractivity contribution in [3.63, 3.8) is 0 Å². The van der Waals surface area contributed by atoms with Crippen LogP contribution in [0.3, 0.4) is 0 Å². The Hall–Kier alpha value is -2.43. The molecule has 0 fully saturated rings. The third kappa shape index (κ3) is 2.22. The van der Waals surface area contributed by atoms with Gasteiger partial charge >= 0.3 is 0 Å². The number of aromatic nitrogens is 4. The van der Waals surface area contributed by atoms with E-state index in [1.807, 2.05) is 31.4 Å². The van der Waals surface area contributed by atoms with E-state index in [-0.39, 0.29) is 0 Å². The molecule has 5 heteroatoms. The molecule has 3 aromatic rings. The van der Waals surface area contributed by atoms with E-state index in [4.69, 9.17) is 0 Å². The second kappa shape index (κ2) is 5.28. The molecule has 0 unspecified atom stereocenters. The van der Waals surface area contributed by atoms with Crippen LogP contribution in [0.4, 0.5) is 5.82 Å². The minimum Gasteiger partial charge on any atom is -0.368 e. The van der Waals surface area contributed by atoms with E-state index >= 15 is 0 Å². The van der Waals surface area contributed by atoms with Crippen molar-refractivity contribution in [2.45, 2.75) is 13.3 Å². The van der Waals surface area contributed by atoms with Gasteiger partial charge in [-0.15, -0.1) is 10.2 Å². The van der Waals surface area contributed by atoms with Crippen LogP contribution >= 0.6 is 0 Å². The maximum Gasteiger partial charge on any atom is 0.156 e. The highest BCUT2D eigenvalue weighted by atomic mass is 15.3. The molecule has 2 aromatic heterocycles. The molecule has 5 nitrogen and oxygen atoms in total. The summed E-state index contributed by atoms with van der Waals surface area (Å²) in [4.78, 5) is 0. The van der Waals surface area contributed by atoms with Gasteiger partial charge in [0.2, 0.25) is 0 Å². The van der Waals surface area contributed by atoms with Crippen molar-refractivity contribution in [1.82, 2.24) is 20.0 Å². The molecule has 20 heavy (non-hydrogen) atoms. The molecule has 0 aliphatic rings. The van der Waals surface area contributed by atoms with Gasteiger partial charge in [0.05, 0.1) is 0 Å². The van der Waals surface area contributed by atoms with Crippen LogP contribution in [0.25, 0.3) is 22.2 Å². The predicted molar refractivity (Wildman–Crippen MR) is 80.5 cm³/mol. The molecule has 0 aliphatic carbocycles. The molecule has 0 aliphatic heterocycles. The Morgan fingerprint density at radius 1 is 1.10 bits per heavy atom. The molecule has 0 saturated carbocycles. The van der Waals surface area contributed by atoms with Gasteiger partial charge in [-0.25, -0.2) is 0 Å². The number of anilines is 1. The minimum atomic E-state index is 0.822. The van der Waals surface area contributed by atoms with Crippen LogP contribution < -0.4 is 5.32 Å². The van der Waals surface area contributed by atoms with Crippen LogP contribution in [0.5, 0.6) is 0 Å². The number of aryl methyl sites for hydroxylation is 1. The number of rotatable bonds is 4. The fourth-order valence-corrected chi connectivity index (χ4v) is 2.21. The fourth-order valence-electron chi connectivity index (χ4n) is 2.21. The molecule has 102 valence electrons. The fraction of sp³-hybridized carbons (Fsp3) is 0.267. The summed E-state index contributed by atoms with van der Waals surface area (Å²) in [5.74, 6) is 0.835. The lowest BCUT2D eigenvalue weighted by Gasteiger charge is -2.09. The predicted octanol–water partition coefficient (Wildman–Crippen LogP) is 2.85. The molecule has 1 aromatic carbocycles. The molecule has 0 radical (unpaired) electrons. The Morgan fingerprint density at radius 2 is 1.90 bits per heavy atom. The first-order chi connectivity index (χ1) is 9.79. The molecule has 1 N–H and O–H groups in total. The Balaban J connectivity index is 2.15. The summed E-state index contributed by atoms with van der Waals surface area (Å²) in [6, 6.07) is 10.1. The summed E-state index contributed by atoms with van der Waals surface area (Å²) in [5, 5.41) is 18.6. The number of hydrogen-bond acceptors (Lipinski definition) is 4. The molecule has 0 atom stereocenters. The first kappa shape index (κ1) is 12.6. The Kier molecular flexibility index (Phi) is 3.33. The molecule has 0 spiro atoms. The van der Waals surface area contributed by atoms with Gasteiger partial charge in [0, 0.05) is 30.6 Å². The maximum absolute atomic E-state index is 4.42. The third-order valence-electron chi connectivity index (χ3n) is 3.19. The summed E-state index contributed by atoms with van der Waals surface area (Å²) in [5.41, 5.74) is 1.67. The van der Waals surface area contributed by atoms with Gasteiger partial charge in [-0.3, -0.25) is 4.68 Å². The standard InChI is InChI=1S/C15H17N5/c1-3-9-16-15-12-7-5-4-6-11(12)14(17-18-15)13-8-10-20(2)19-13/h4-8,10H,3,9H2,1-2H3,(H,16,18). The summed E-state index contributed by atoms with van der Waals surface area (Å²) >= 11 is 0. The monoisotopic (exact) mass is 267 g/mol. The summed E-state index contributed by atoms with van der Waals surface area (Å²) in [7, 11) is 1.90. The molecule has 3 rings (SSSR count). The summed E-state index contributed by atoms with van der Waals surface area (Å²) < 4.78 is 1.77. The highest BCUT2D eigenvalue weighted by molar-refractivity contribution is 5.99. The average molecular weight is 267 g/mol. The van der Waals surface area contributed by atoms with Crippen LogP contribution in [-0.4, -0.2) is 26.5 Å². The van der Waals surface area contributed by atoms with Gasteiger partial charge in [0.15, 0.2) is 5.82 Å². The lowest BCUT2D eigenvalue weighted by atomic mass is 10.1. The Morgan fingerprint density at radius 3 is 2.60 bits per heavy atom. The second-order valence-corrected chi connectivity index (χ2v) is 4.74. The smallest absolute Gasteiger partial charge is 0.156 e. The van der Waals surface area contributed by atoms with Gasteiger partial charge < -0.3 is 5.32 Å². The van der Waals surface area contributed by atoms with Crippen LogP contribution in [0, 0.1) is 0 Å². The highest BCUT2D eigenvalue weighted by Crippen LogP contribution is 2.28. The summed E-state index contributed by atoms with van der Waals surface area (Å²) in [6.07, 6.45) is 2.97. The first-order valence-electron chi connectivity index (χ1n) is 6.79. The second-order valence-electron chi connectivity index (χ2n) is 4.74. The Bertz CT molecular complexity index is 732. The van der Waals surface area contributed by atoms with Crippen molar-refractivity contribution in [3.05, 3.63) is 36.5 Å². The molecule has 0 bridgehead atoms. The van der Waals surface area contributed by atoms with Crippen molar-refractivity contribution in [2.24, 2.45) is 7.05 Å². The lowest BCUT2D eigenvalue weighted by molar-refractivity contribution is 0.769. The number of hydrogen-bond donors (Lipinski definition) is 1. The van der Waals surface area contributed by atoms with E-state index in [0.29, 0.717) is 0 Å². The van der Waals surface area contributed by atoms with Gasteiger partial charge in [0.1, 0.15) is 11.4 Å². The molecule has 0 amide bonds. The van der Waals surface area contributed by atoms with Crippen molar-refractivity contribution >= 4 is 16.6 Å². The minimum absolute atomic E-state index is 0.822. The van der Waals surface area contributed by atoms with E-state index < -0.39 is 0 Å². The highest BCUT2D eigenvalue weighted by Gasteiger charge is 2.12. The van der Waals surface area contributed by atoms with Gasteiger partial charge in [-0.2, -0.15) is 5.10 Å². The third-order valence-corrected chi connectivity index (χ3v) is 3.19. The molecular formula is C15H17N5. The van der Waals surface area contributed by atoms with E-state index in [0.717, 1.165) is 40.9 Å². The largest absolute Gasteiger partial charge is 0.368 e. The van der Waals surface area contributed by atoms with Crippen LogP contribution in [0.2, 0.25) is 0 Å². The number of nitrogens with zero attached hydrogens (tertiary/aromatic N) is 4. The van der Waals surface area contributed by atoms with Crippen LogP contribution in [-0.2, 0) is 7.05 Å². The Labute approximate surface area is 117 Å². The maximum atomic E-state index is 4.42. The van der Waals surface area contributed by atoms with E-state index in [9.17, 15) is 0 Å². The zero-order valence-corrected chi connectivity index (χ0v) is 11.7.